The van der Waals surface area contributed by atoms with Crippen molar-refractivity contribution in [2.24, 2.45) is 0 Å². The summed E-state index contributed by atoms with van der Waals surface area (Å²) in [5.74, 6) is 2.47. The molecule has 0 N–H and O–H groups in total. The molecule has 1 aliphatic rings. The highest BCUT2D eigenvalue weighted by Crippen LogP contribution is 2.48. The zero-order valence-electron chi connectivity index (χ0n) is 8.96. The zero-order valence-corrected chi connectivity index (χ0v) is 8.96. The summed E-state index contributed by atoms with van der Waals surface area (Å²) in [4.78, 5) is 0. The molecule has 0 unspecified atom stereocenters. The lowest BCUT2D eigenvalue weighted by Crippen LogP contribution is -1.97. The van der Waals surface area contributed by atoms with Gasteiger partial charge in [0.05, 0.1) is 14.2 Å². The maximum atomic E-state index is 5.42. The fraction of sp³-hybridized carbons (Fsp3) is 0.500. The summed E-state index contributed by atoms with van der Waals surface area (Å²) in [6, 6.07) is 4.08. The average molecular weight is 192 g/mol. The van der Waals surface area contributed by atoms with Crippen LogP contribution in [0.1, 0.15) is 29.9 Å². The van der Waals surface area contributed by atoms with E-state index in [0.29, 0.717) is 5.92 Å². The standard InChI is InChI=1S/C12H16O2/c1-8-4-7-10(13-2)12(14-3)11(8)9-5-6-9/h4,7,9H,5-6H2,1-3H3. The number of rotatable bonds is 3. The third-order valence-corrected chi connectivity index (χ3v) is 2.79. The summed E-state index contributed by atoms with van der Waals surface area (Å²) in [5, 5.41) is 0. The Hall–Kier alpha value is -1.18. The smallest absolute Gasteiger partial charge is 0.164 e. The van der Waals surface area contributed by atoms with E-state index in [2.05, 4.69) is 13.0 Å². The normalized spacial score (nSPS) is 15.4. The molecule has 0 atom stereocenters. The van der Waals surface area contributed by atoms with Gasteiger partial charge in [-0.25, -0.2) is 0 Å². The van der Waals surface area contributed by atoms with Crippen molar-refractivity contribution in [2.75, 3.05) is 14.2 Å². The van der Waals surface area contributed by atoms with Crippen molar-refractivity contribution < 1.29 is 9.47 Å². The Morgan fingerprint density at radius 3 is 2.36 bits per heavy atom. The predicted octanol–water partition coefficient (Wildman–Crippen LogP) is 2.89. The summed E-state index contributed by atoms with van der Waals surface area (Å²) in [5.41, 5.74) is 2.65. The molecule has 1 fully saturated rings. The predicted molar refractivity (Wildman–Crippen MR) is 56.3 cm³/mol. The molecule has 2 heteroatoms. The van der Waals surface area contributed by atoms with Crippen LogP contribution in [0.25, 0.3) is 0 Å². The van der Waals surface area contributed by atoms with Crippen molar-refractivity contribution in [2.45, 2.75) is 25.7 Å². The molecule has 0 spiro atoms. The first-order valence-electron chi connectivity index (χ1n) is 4.99. The van der Waals surface area contributed by atoms with Gasteiger partial charge in [0, 0.05) is 5.56 Å². The van der Waals surface area contributed by atoms with Crippen LogP contribution in [0.5, 0.6) is 11.5 Å². The van der Waals surface area contributed by atoms with E-state index in [9.17, 15) is 0 Å². The molecule has 1 aromatic rings. The number of aryl methyl sites for hydroxylation is 1. The Kier molecular flexibility index (Phi) is 2.36. The van der Waals surface area contributed by atoms with E-state index in [-0.39, 0.29) is 0 Å². The Balaban J connectivity index is 2.51. The van der Waals surface area contributed by atoms with Gasteiger partial charge >= 0.3 is 0 Å². The summed E-state index contributed by atoms with van der Waals surface area (Å²) in [6.45, 7) is 2.13. The van der Waals surface area contributed by atoms with Crippen molar-refractivity contribution in [3.8, 4) is 11.5 Å². The van der Waals surface area contributed by atoms with Gasteiger partial charge in [0.2, 0.25) is 0 Å². The van der Waals surface area contributed by atoms with Crippen LogP contribution in [0.15, 0.2) is 12.1 Å². The lowest BCUT2D eigenvalue weighted by Gasteiger charge is -2.14. The molecule has 1 aromatic carbocycles. The van der Waals surface area contributed by atoms with Crippen molar-refractivity contribution in [1.29, 1.82) is 0 Å². The molecule has 0 aromatic heterocycles. The van der Waals surface area contributed by atoms with E-state index < -0.39 is 0 Å². The second-order valence-corrected chi connectivity index (χ2v) is 3.81. The van der Waals surface area contributed by atoms with Gasteiger partial charge in [-0.15, -0.1) is 0 Å². The van der Waals surface area contributed by atoms with Gasteiger partial charge in [-0.2, -0.15) is 0 Å². The van der Waals surface area contributed by atoms with Gasteiger partial charge in [-0.3, -0.25) is 0 Å². The highest BCUT2D eigenvalue weighted by Gasteiger charge is 2.29. The van der Waals surface area contributed by atoms with Gasteiger partial charge in [-0.1, -0.05) is 6.07 Å². The molecule has 76 valence electrons. The van der Waals surface area contributed by atoms with Gasteiger partial charge < -0.3 is 9.47 Å². The first-order chi connectivity index (χ1) is 6.77. The fourth-order valence-electron chi connectivity index (χ4n) is 1.93. The van der Waals surface area contributed by atoms with Crippen LogP contribution in [-0.2, 0) is 0 Å². The Labute approximate surface area is 84.8 Å². The molecule has 0 bridgehead atoms. The topological polar surface area (TPSA) is 18.5 Å². The Morgan fingerprint density at radius 2 is 1.86 bits per heavy atom. The van der Waals surface area contributed by atoms with Crippen LogP contribution < -0.4 is 9.47 Å². The molecule has 2 nitrogen and oxygen atoms in total. The minimum atomic E-state index is 0.694. The maximum Gasteiger partial charge on any atom is 0.164 e. The number of hydrogen-bond acceptors (Lipinski definition) is 2. The third kappa shape index (κ3) is 1.45. The molecular weight excluding hydrogens is 176 g/mol. The molecule has 14 heavy (non-hydrogen) atoms. The van der Waals surface area contributed by atoms with Crippen LogP contribution in [0.4, 0.5) is 0 Å². The maximum absolute atomic E-state index is 5.42. The van der Waals surface area contributed by atoms with Crippen LogP contribution >= 0.6 is 0 Å². The molecular formula is C12H16O2. The van der Waals surface area contributed by atoms with Crippen LogP contribution in [-0.4, -0.2) is 14.2 Å². The van der Waals surface area contributed by atoms with Gasteiger partial charge in [0.25, 0.3) is 0 Å². The molecule has 0 amide bonds. The van der Waals surface area contributed by atoms with Crippen LogP contribution in [0.3, 0.4) is 0 Å². The van der Waals surface area contributed by atoms with Gasteiger partial charge in [0.15, 0.2) is 11.5 Å². The molecule has 0 radical (unpaired) electrons. The molecule has 2 rings (SSSR count). The van der Waals surface area contributed by atoms with E-state index in [1.165, 1.54) is 24.0 Å². The second kappa shape index (κ2) is 3.52. The van der Waals surface area contributed by atoms with Gasteiger partial charge in [0.1, 0.15) is 0 Å². The number of ether oxygens (including phenoxy) is 2. The highest BCUT2D eigenvalue weighted by atomic mass is 16.5. The lowest BCUT2D eigenvalue weighted by atomic mass is 10.0. The van der Waals surface area contributed by atoms with Gasteiger partial charge in [-0.05, 0) is 37.3 Å². The fourth-order valence-corrected chi connectivity index (χ4v) is 1.93. The summed E-state index contributed by atoms with van der Waals surface area (Å²) in [7, 11) is 3.40. The largest absolute Gasteiger partial charge is 0.493 e. The molecule has 1 saturated carbocycles. The quantitative estimate of drug-likeness (QED) is 0.733. The first kappa shape index (κ1) is 9.38. The van der Waals surface area contributed by atoms with Crippen molar-refractivity contribution in [3.05, 3.63) is 23.3 Å². The van der Waals surface area contributed by atoms with Crippen LogP contribution in [0, 0.1) is 6.92 Å². The summed E-state index contributed by atoms with van der Waals surface area (Å²) in [6.07, 6.45) is 2.56. The summed E-state index contributed by atoms with van der Waals surface area (Å²) < 4.78 is 10.7. The highest BCUT2D eigenvalue weighted by molar-refractivity contribution is 5.53. The lowest BCUT2D eigenvalue weighted by molar-refractivity contribution is 0.351. The molecule has 0 aliphatic heterocycles. The van der Waals surface area contributed by atoms with E-state index >= 15 is 0 Å². The molecule has 0 heterocycles. The van der Waals surface area contributed by atoms with Crippen molar-refractivity contribution >= 4 is 0 Å². The van der Waals surface area contributed by atoms with E-state index in [4.69, 9.17) is 9.47 Å². The first-order valence-corrected chi connectivity index (χ1v) is 4.99. The van der Waals surface area contributed by atoms with Crippen molar-refractivity contribution in [1.82, 2.24) is 0 Å². The molecule has 1 aliphatic carbocycles. The third-order valence-electron chi connectivity index (χ3n) is 2.79. The minimum absolute atomic E-state index is 0.694. The monoisotopic (exact) mass is 192 g/mol. The second-order valence-electron chi connectivity index (χ2n) is 3.81. The number of hydrogen-bond donors (Lipinski definition) is 0. The van der Waals surface area contributed by atoms with E-state index in [0.717, 1.165) is 11.5 Å². The average Bonchev–Trinajstić information content (AvgIpc) is 3.00. The zero-order chi connectivity index (χ0) is 10.1. The van der Waals surface area contributed by atoms with E-state index in [1.54, 1.807) is 14.2 Å². The molecule has 0 saturated heterocycles. The SMILES string of the molecule is COc1ccc(C)c(C2CC2)c1OC. The Morgan fingerprint density at radius 1 is 1.14 bits per heavy atom. The Bertz CT molecular complexity index is 340. The number of benzene rings is 1. The minimum Gasteiger partial charge on any atom is -0.493 e. The van der Waals surface area contributed by atoms with Crippen molar-refractivity contribution in [3.63, 3.8) is 0 Å². The number of methoxy groups -OCH3 is 2. The summed E-state index contributed by atoms with van der Waals surface area (Å²) >= 11 is 0. The van der Waals surface area contributed by atoms with Crippen LogP contribution in [0.2, 0.25) is 0 Å². The van der Waals surface area contributed by atoms with E-state index in [1.807, 2.05) is 6.07 Å².